The number of rotatable bonds is 7. The highest BCUT2D eigenvalue weighted by Crippen LogP contribution is 2.07. The topological polar surface area (TPSA) is 32.5 Å². The van der Waals surface area contributed by atoms with Crippen LogP contribution in [0.1, 0.15) is 18.4 Å². The summed E-state index contributed by atoms with van der Waals surface area (Å²) < 4.78 is 0. The standard InChI is InChI=1S/C16H27N3/c1-18(11-12-19-9-5-6-10-19)14-16(17)13-15-7-3-2-4-8-15/h2-4,7-8,16H,5-6,9-14,17H2,1H3. The molecule has 1 atom stereocenters. The molecule has 1 fully saturated rings. The monoisotopic (exact) mass is 261 g/mol. The van der Waals surface area contributed by atoms with Crippen LogP contribution in [-0.2, 0) is 6.42 Å². The third-order valence-corrected chi connectivity index (χ3v) is 3.88. The number of benzene rings is 1. The Bertz CT molecular complexity index is 346. The van der Waals surface area contributed by atoms with Crippen LogP contribution in [0.4, 0.5) is 0 Å². The largest absolute Gasteiger partial charge is 0.326 e. The number of likely N-dealkylation sites (tertiary alicyclic amines) is 1. The number of nitrogens with zero attached hydrogens (tertiary/aromatic N) is 2. The second kappa shape index (κ2) is 7.63. The predicted molar refractivity (Wildman–Crippen MR) is 81.3 cm³/mol. The van der Waals surface area contributed by atoms with Gasteiger partial charge in [0.15, 0.2) is 0 Å². The maximum Gasteiger partial charge on any atom is 0.0208 e. The van der Waals surface area contributed by atoms with Crippen LogP contribution in [0.15, 0.2) is 30.3 Å². The Labute approximate surface area is 117 Å². The van der Waals surface area contributed by atoms with E-state index in [1.54, 1.807) is 0 Å². The molecule has 0 saturated carbocycles. The first-order valence-corrected chi connectivity index (χ1v) is 7.44. The molecule has 2 N–H and O–H groups in total. The summed E-state index contributed by atoms with van der Waals surface area (Å²) >= 11 is 0. The predicted octanol–water partition coefficient (Wildman–Crippen LogP) is 1.58. The van der Waals surface area contributed by atoms with E-state index in [1.165, 1.54) is 38.0 Å². The molecule has 1 aromatic carbocycles. The molecule has 1 aliphatic heterocycles. The highest BCUT2D eigenvalue weighted by molar-refractivity contribution is 5.15. The lowest BCUT2D eigenvalue weighted by atomic mass is 10.1. The van der Waals surface area contributed by atoms with Crippen LogP contribution in [0, 0.1) is 0 Å². The van der Waals surface area contributed by atoms with Crippen molar-refractivity contribution in [2.75, 3.05) is 39.8 Å². The normalized spacial score (nSPS) is 18.1. The SMILES string of the molecule is CN(CCN1CCCC1)CC(N)Cc1ccccc1. The fourth-order valence-corrected chi connectivity index (χ4v) is 2.79. The highest BCUT2D eigenvalue weighted by Gasteiger charge is 2.13. The van der Waals surface area contributed by atoms with Crippen LogP contribution in [0.5, 0.6) is 0 Å². The lowest BCUT2D eigenvalue weighted by Gasteiger charge is -2.24. The summed E-state index contributed by atoms with van der Waals surface area (Å²) in [5.41, 5.74) is 7.57. The Kier molecular flexibility index (Phi) is 5.83. The lowest BCUT2D eigenvalue weighted by Crippen LogP contribution is -2.40. The summed E-state index contributed by atoms with van der Waals surface area (Å²) in [6.45, 7) is 5.85. The van der Waals surface area contributed by atoms with E-state index < -0.39 is 0 Å². The number of hydrogen-bond acceptors (Lipinski definition) is 3. The maximum atomic E-state index is 6.24. The second-order valence-electron chi connectivity index (χ2n) is 5.76. The molecule has 1 aromatic rings. The minimum absolute atomic E-state index is 0.228. The minimum Gasteiger partial charge on any atom is -0.326 e. The van der Waals surface area contributed by atoms with Gasteiger partial charge < -0.3 is 15.5 Å². The molecule has 1 aliphatic rings. The summed E-state index contributed by atoms with van der Waals surface area (Å²) in [7, 11) is 2.18. The smallest absolute Gasteiger partial charge is 0.0208 e. The minimum atomic E-state index is 0.228. The average Bonchev–Trinajstić information content (AvgIpc) is 2.90. The molecule has 19 heavy (non-hydrogen) atoms. The van der Waals surface area contributed by atoms with Crippen molar-refractivity contribution in [1.82, 2.24) is 9.80 Å². The first-order chi connectivity index (χ1) is 9.24. The Morgan fingerprint density at radius 3 is 2.58 bits per heavy atom. The van der Waals surface area contributed by atoms with Gasteiger partial charge in [-0.05, 0) is 45.0 Å². The summed E-state index contributed by atoms with van der Waals surface area (Å²) in [4.78, 5) is 4.92. The van der Waals surface area contributed by atoms with Crippen molar-refractivity contribution in [3.05, 3.63) is 35.9 Å². The molecule has 0 bridgehead atoms. The van der Waals surface area contributed by atoms with Crippen molar-refractivity contribution in [1.29, 1.82) is 0 Å². The molecule has 3 nitrogen and oxygen atoms in total. The van der Waals surface area contributed by atoms with Gasteiger partial charge in [0.05, 0.1) is 0 Å². The molecule has 0 amide bonds. The fraction of sp³-hybridized carbons (Fsp3) is 0.625. The Balaban J connectivity index is 1.65. The summed E-state index contributed by atoms with van der Waals surface area (Å²) in [6.07, 6.45) is 3.71. The molecule has 0 spiro atoms. The van der Waals surface area contributed by atoms with Crippen LogP contribution >= 0.6 is 0 Å². The van der Waals surface area contributed by atoms with Gasteiger partial charge in [-0.3, -0.25) is 0 Å². The average molecular weight is 261 g/mol. The zero-order valence-electron chi connectivity index (χ0n) is 12.1. The molecular weight excluding hydrogens is 234 g/mol. The molecule has 3 heteroatoms. The number of likely N-dealkylation sites (N-methyl/N-ethyl adjacent to an activating group) is 1. The zero-order valence-corrected chi connectivity index (χ0v) is 12.1. The summed E-state index contributed by atoms with van der Waals surface area (Å²) in [6, 6.07) is 10.8. The Hall–Kier alpha value is -0.900. The molecule has 106 valence electrons. The first kappa shape index (κ1) is 14.5. The van der Waals surface area contributed by atoms with Crippen LogP contribution < -0.4 is 5.73 Å². The molecule has 1 unspecified atom stereocenters. The summed E-state index contributed by atoms with van der Waals surface area (Å²) in [5, 5.41) is 0. The summed E-state index contributed by atoms with van der Waals surface area (Å²) in [5.74, 6) is 0. The molecule has 1 saturated heterocycles. The van der Waals surface area contributed by atoms with Gasteiger partial charge in [0.1, 0.15) is 0 Å². The number of hydrogen-bond donors (Lipinski definition) is 1. The van der Waals surface area contributed by atoms with E-state index in [9.17, 15) is 0 Å². The van der Waals surface area contributed by atoms with Crippen molar-refractivity contribution < 1.29 is 0 Å². The van der Waals surface area contributed by atoms with Crippen molar-refractivity contribution in [2.45, 2.75) is 25.3 Å². The van der Waals surface area contributed by atoms with Gasteiger partial charge in [-0.1, -0.05) is 30.3 Å². The van der Waals surface area contributed by atoms with Gasteiger partial charge in [0.25, 0.3) is 0 Å². The second-order valence-corrected chi connectivity index (χ2v) is 5.76. The van der Waals surface area contributed by atoms with Gasteiger partial charge in [-0.15, -0.1) is 0 Å². The van der Waals surface area contributed by atoms with Crippen LogP contribution in [0.2, 0.25) is 0 Å². The first-order valence-electron chi connectivity index (χ1n) is 7.44. The van der Waals surface area contributed by atoms with Crippen LogP contribution in [0.3, 0.4) is 0 Å². The highest BCUT2D eigenvalue weighted by atomic mass is 15.2. The molecular formula is C16H27N3. The lowest BCUT2D eigenvalue weighted by molar-refractivity contribution is 0.247. The Morgan fingerprint density at radius 2 is 1.89 bits per heavy atom. The van der Waals surface area contributed by atoms with E-state index in [2.05, 4.69) is 47.2 Å². The van der Waals surface area contributed by atoms with E-state index in [1.807, 2.05) is 0 Å². The van der Waals surface area contributed by atoms with Crippen LogP contribution in [0.25, 0.3) is 0 Å². The van der Waals surface area contributed by atoms with Gasteiger partial charge in [0.2, 0.25) is 0 Å². The van der Waals surface area contributed by atoms with E-state index in [-0.39, 0.29) is 6.04 Å². The quantitative estimate of drug-likeness (QED) is 0.809. The van der Waals surface area contributed by atoms with Crippen molar-refractivity contribution in [3.63, 3.8) is 0 Å². The van der Waals surface area contributed by atoms with E-state index >= 15 is 0 Å². The number of nitrogens with two attached hydrogens (primary N) is 1. The molecule has 0 aliphatic carbocycles. The fourth-order valence-electron chi connectivity index (χ4n) is 2.79. The van der Waals surface area contributed by atoms with E-state index in [0.717, 1.165) is 19.5 Å². The zero-order chi connectivity index (χ0) is 13.5. The molecule has 0 aromatic heterocycles. The van der Waals surface area contributed by atoms with E-state index in [0.29, 0.717) is 0 Å². The van der Waals surface area contributed by atoms with Gasteiger partial charge >= 0.3 is 0 Å². The maximum absolute atomic E-state index is 6.24. The third kappa shape index (κ3) is 5.31. The molecule has 1 heterocycles. The van der Waals surface area contributed by atoms with Gasteiger partial charge in [0, 0.05) is 25.7 Å². The molecule has 0 radical (unpaired) electrons. The third-order valence-electron chi connectivity index (χ3n) is 3.88. The van der Waals surface area contributed by atoms with Gasteiger partial charge in [-0.25, -0.2) is 0 Å². The van der Waals surface area contributed by atoms with Crippen molar-refractivity contribution in [3.8, 4) is 0 Å². The Morgan fingerprint density at radius 1 is 1.21 bits per heavy atom. The molecule has 2 rings (SSSR count). The van der Waals surface area contributed by atoms with Gasteiger partial charge in [-0.2, -0.15) is 0 Å². The van der Waals surface area contributed by atoms with Crippen LogP contribution in [-0.4, -0.2) is 55.6 Å². The van der Waals surface area contributed by atoms with Crippen molar-refractivity contribution >= 4 is 0 Å². The van der Waals surface area contributed by atoms with Crippen molar-refractivity contribution in [2.24, 2.45) is 5.73 Å². The van der Waals surface area contributed by atoms with E-state index in [4.69, 9.17) is 5.73 Å².